The molecule has 3 aromatic carbocycles. The Morgan fingerprint density at radius 3 is 1.36 bits per heavy atom. The van der Waals surface area contributed by atoms with E-state index in [4.69, 9.17) is 20.9 Å². The quantitative estimate of drug-likeness (QED) is 0.266. The van der Waals surface area contributed by atoms with Crippen LogP contribution in [-0.2, 0) is 18.5 Å². The number of halogens is 11. The van der Waals surface area contributed by atoms with Crippen molar-refractivity contribution in [2.75, 3.05) is 11.5 Å². The first kappa shape index (κ1) is 26.7. The molecule has 4 N–H and O–H groups in total. The lowest BCUT2D eigenvalue weighted by Gasteiger charge is -2.17. The number of hydrogen-bond donors (Lipinski definition) is 2. The Hall–Kier alpha value is -3.91. The van der Waals surface area contributed by atoms with Crippen LogP contribution in [0.3, 0.4) is 0 Å². The van der Waals surface area contributed by atoms with Gasteiger partial charge >= 0.3 is 18.5 Å². The Morgan fingerprint density at radius 1 is 0.528 bits per heavy atom. The Morgan fingerprint density at radius 2 is 0.972 bits per heavy atom. The molecule has 0 aliphatic rings. The number of benzene rings is 3. The summed E-state index contributed by atoms with van der Waals surface area (Å²) < 4.78 is 155. The van der Waals surface area contributed by atoms with Gasteiger partial charge in [0.25, 0.3) is 0 Å². The van der Waals surface area contributed by atoms with Gasteiger partial charge in [-0.1, -0.05) is 0 Å². The van der Waals surface area contributed by atoms with Crippen LogP contribution in [0.4, 0.5) is 59.7 Å². The molecule has 0 aliphatic carbocycles. The van der Waals surface area contributed by atoms with Crippen LogP contribution in [0.15, 0.2) is 42.5 Å². The topological polar surface area (TPSA) is 70.5 Å². The second-order valence-electron chi connectivity index (χ2n) is 7.09. The molecule has 0 spiro atoms. The molecule has 0 aromatic heterocycles. The van der Waals surface area contributed by atoms with Gasteiger partial charge in [-0.15, -0.1) is 0 Å². The van der Waals surface area contributed by atoms with Crippen LogP contribution in [0, 0.1) is 11.6 Å². The second-order valence-corrected chi connectivity index (χ2v) is 7.09. The van der Waals surface area contributed by atoms with Crippen molar-refractivity contribution in [2.45, 2.75) is 18.5 Å². The molecule has 0 bridgehead atoms. The minimum atomic E-state index is -5.20. The molecule has 0 saturated heterocycles. The van der Waals surface area contributed by atoms with Crippen LogP contribution >= 0.6 is 0 Å². The number of ether oxygens (including phenoxy) is 2. The summed E-state index contributed by atoms with van der Waals surface area (Å²) in [6, 6.07) is 3.07. The van der Waals surface area contributed by atoms with E-state index in [-0.39, 0.29) is 12.1 Å². The lowest BCUT2D eigenvalue weighted by atomic mass is 10.1. The zero-order valence-corrected chi connectivity index (χ0v) is 17.2. The summed E-state index contributed by atoms with van der Waals surface area (Å²) in [5.41, 5.74) is 3.02. The van der Waals surface area contributed by atoms with Crippen LogP contribution < -0.4 is 20.9 Å². The highest BCUT2D eigenvalue weighted by Crippen LogP contribution is 2.44. The summed E-state index contributed by atoms with van der Waals surface area (Å²) in [5, 5.41) is 0. The van der Waals surface area contributed by atoms with Crippen molar-refractivity contribution >= 4 is 11.4 Å². The number of hydrogen-bond acceptors (Lipinski definition) is 4. The predicted octanol–water partition coefficient (Wildman–Crippen LogP) is 7.77. The highest BCUT2D eigenvalue weighted by Gasteiger charge is 2.39. The van der Waals surface area contributed by atoms with Gasteiger partial charge in [0.2, 0.25) is 0 Å². The van der Waals surface area contributed by atoms with E-state index in [0.717, 1.165) is 0 Å². The van der Waals surface area contributed by atoms with E-state index in [2.05, 4.69) is 0 Å². The average molecular weight is 532 g/mol. The molecule has 36 heavy (non-hydrogen) atoms. The minimum Gasteiger partial charge on any atom is -0.457 e. The maximum atomic E-state index is 13.9. The van der Waals surface area contributed by atoms with Crippen molar-refractivity contribution < 1.29 is 57.8 Å². The summed E-state index contributed by atoms with van der Waals surface area (Å²) in [7, 11) is 0. The molecule has 3 aromatic rings. The first-order chi connectivity index (χ1) is 16.4. The summed E-state index contributed by atoms with van der Waals surface area (Å²) >= 11 is 0. The Balaban J connectivity index is 2.02. The molecular weight excluding hydrogens is 521 g/mol. The molecule has 0 saturated carbocycles. The lowest BCUT2D eigenvalue weighted by molar-refractivity contribution is -0.140. The van der Waals surface area contributed by atoms with Gasteiger partial charge in [-0.05, 0) is 12.1 Å². The van der Waals surface area contributed by atoms with Gasteiger partial charge in [0, 0.05) is 30.3 Å². The number of anilines is 2. The largest absolute Gasteiger partial charge is 0.457 e. The van der Waals surface area contributed by atoms with Crippen LogP contribution in [0.25, 0.3) is 0 Å². The van der Waals surface area contributed by atoms with E-state index in [1.807, 2.05) is 0 Å². The summed E-state index contributed by atoms with van der Waals surface area (Å²) in [6.07, 6.45) is -15.4. The van der Waals surface area contributed by atoms with Crippen LogP contribution in [0.5, 0.6) is 23.0 Å². The highest BCUT2D eigenvalue weighted by atomic mass is 19.4. The van der Waals surface area contributed by atoms with Gasteiger partial charge in [-0.2, -0.15) is 39.5 Å². The molecule has 3 rings (SSSR count). The Labute approximate surface area is 193 Å². The van der Waals surface area contributed by atoms with Gasteiger partial charge in [-0.25, -0.2) is 8.78 Å². The Kier molecular flexibility index (Phi) is 6.63. The fourth-order valence-electron chi connectivity index (χ4n) is 3.07. The molecule has 15 heteroatoms. The number of alkyl halides is 9. The smallest absolute Gasteiger partial charge is 0.421 e. The van der Waals surface area contributed by atoms with Crippen molar-refractivity contribution in [3.63, 3.8) is 0 Å². The van der Waals surface area contributed by atoms with Crippen LogP contribution in [-0.4, -0.2) is 0 Å². The van der Waals surface area contributed by atoms with Gasteiger partial charge < -0.3 is 20.9 Å². The van der Waals surface area contributed by atoms with E-state index in [9.17, 15) is 48.3 Å². The maximum Gasteiger partial charge on any atom is 0.421 e. The zero-order chi connectivity index (χ0) is 27.2. The zero-order valence-electron chi connectivity index (χ0n) is 17.2. The summed E-state index contributed by atoms with van der Waals surface area (Å²) in [4.78, 5) is 0. The molecule has 0 unspecified atom stereocenters. The number of nitrogen functional groups attached to an aromatic ring is 2. The first-order valence-electron chi connectivity index (χ1n) is 9.27. The van der Waals surface area contributed by atoms with Gasteiger partial charge in [0.15, 0.2) is 0 Å². The van der Waals surface area contributed by atoms with Gasteiger partial charge in [0.1, 0.15) is 45.8 Å². The van der Waals surface area contributed by atoms with Gasteiger partial charge in [0.05, 0.1) is 16.9 Å². The molecule has 4 nitrogen and oxygen atoms in total. The van der Waals surface area contributed by atoms with Crippen molar-refractivity contribution in [3.8, 4) is 23.0 Å². The van der Waals surface area contributed by atoms with Crippen molar-refractivity contribution in [3.05, 3.63) is 70.8 Å². The SMILES string of the molecule is Nc1cc(Oc2ccc(C(F)(F)F)c(Oc3cc(N)c(C(F)(F)F)c(F)c3)c2)cc(F)c1C(F)(F)F. The van der Waals surface area contributed by atoms with E-state index < -0.39 is 81.2 Å². The monoisotopic (exact) mass is 532 g/mol. The van der Waals surface area contributed by atoms with Crippen molar-refractivity contribution in [2.24, 2.45) is 0 Å². The highest BCUT2D eigenvalue weighted by molar-refractivity contribution is 5.56. The molecule has 0 fully saturated rings. The number of rotatable bonds is 4. The molecule has 0 radical (unpaired) electrons. The molecule has 0 heterocycles. The molecule has 0 atom stereocenters. The fraction of sp³-hybridized carbons (Fsp3) is 0.143. The van der Waals surface area contributed by atoms with Crippen molar-refractivity contribution in [1.82, 2.24) is 0 Å². The molecule has 0 amide bonds. The molecular formula is C21H11F11N2O2. The van der Waals surface area contributed by atoms with Gasteiger partial charge in [-0.3, -0.25) is 0 Å². The van der Waals surface area contributed by atoms with Crippen LogP contribution in [0.1, 0.15) is 16.7 Å². The third-order valence-electron chi connectivity index (χ3n) is 4.48. The van der Waals surface area contributed by atoms with Crippen LogP contribution in [0.2, 0.25) is 0 Å². The standard InChI is InChI=1S/C21H11F11N2O2/c22-12-3-9(5-14(33)17(12)20(27,28)29)35-8-1-2-11(19(24,25)26)16(7-8)36-10-4-13(23)18(15(34)6-10)21(30,31)32/h1-7H,33-34H2. The van der Waals surface area contributed by atoms with Crippen molar-refractivity contribution in [1.29, 1.82) is 0 Å². The number of nitrogens with two attached hydrogens (primary N) is 2. The lowest BCUT2D eigenvalue weighted by Crippen LogP contribution is -2.12. The molecule has 194 valence electrons. The molecule has 0 aliphatic heterocycles. The van der Waals surface area contributed by atoms with E-state index >= 15 is 0 Å². The maximum absolute atomic E-state index is 13.9. The first-order valence-corrected chi connectivity index (χ1v) is 9.27. The summed E-state index contributed by atoms with van der Waals surface area (Å²) in [6.45, 7) is 0. The van der Waals surface area contributed by atoms with E-state index in [0.29, 0.717) is 30.3 Å². The normalized spacial score (nSPS) is 12.5. The van der Waals surface area contributed by atoms with E-state index in [1.165, 1.54) is 0 Å². The summed E-state index contributed by atoms with van der Waals surface area (Å²) in [5.74, 6) is -6.85. The third kappa shape index (κ3) is 5.66. The minimum absolute atomic E-state index is 0.152. The Bertz CT molecular complexity index is 1250. The predicted molar refractivity (Wildman–Crippen MR) is 103 cm³/mol. The average Bonchev–Trinajstić information content (AvgIpc) is 2.63. The second kappa shape index (κ2) is 8.95. The fourth-order valence-corrected chi connectivity index (χ4v) is 3.07. The third-order valence-corrected chi connectivity index (χ3v) is 4.48. The van der Waals surface area contributed by atoms with E-state index in [1.54, 1.807) is 0 Å².